The Hall–Kier alpha value is -4.52. The van der Waals surface area contributed by atoms with Gasteiger partial charge in [0.1, 0.15) is 0 Å². The number of H-pyrrole nitrogens is 2. The summed E-state index contributed by atoms with van der Waals surface area (Å²) in [7, 11) is 0. The number of hydrogen-bond donors (Lipinski definition) is 6. The van der Waals surface area contributed by atoms with Crippen LogP contribution in [0.3, 0.4) is 0 Å². The first-order chi connectivity index (χ1) is 20.2. The normalized spacial score (nSPS) is 16.8. The quantitative estimate of drug-likeness (QED) is 0.164. The number of para-hydroxylation sites is 1. The summed E-state index contributed by atoms with van der Waals surface area (Å²) in [4.78, 5) is 56.6. The van der Waals surface area contributed by atoms with Crippen LogP contribution >= 0.6 is 0 Å². The van der Waals surface area contributed by atoms with E-state index >= 15 is 0 Å². The van der Waals surface area contributed by atoms with Crippen LogP contribution < -0.4 is 10.9 Å². The number of amides is 2. The zero-order chi connectivity index (χ0) is 29.8. The number of carbonyl (C=O) groups excluding carboxylic acids is 2. The highest BCUT2D eigenvalue weighted by molar-refractivity contribution is 5.99. The number of carbonyl (C=O) groups is 3. The van der Waals surface area contributed by atoms with Gasteiger partial charge >= 0.3 is 5.97 Å². The molecular formula is C30H32N4O8. The monoisotopic (exact) mass is 576 g/mol. The number of pyridine rings is 1. The summed E-state index contributed by atoms with van der Waals surface area (Å²) in [5.41, 5.74) is 2.80. The Morgan fingerprint density at radius 2 is 1.79 bits per heavy atom. The molecule has 1 saturated heterocycles. The maximum Gasteiger partial charge on any atom is 0.328 e. The van der Waals surface area contributed by atoms with Gasteiger partial charge in [-0.1, -0.05) is 18.2 Å². The van der Waals surface area contributed by atoms with Gasteiger partial charge in [0.15, 0.2) is 6.04 Å². The van der Waals surface area contributed by atoms with Gasteiger partial charge < -0.3 is 40.2 Å². The van der Waals surface area contributed by atoms with E-state index < -0.39 is 30.1 Å². The van der Waals surface area contributed by atoms with Gasteiger partial charge in [-0.3, -0.25) is 14.4 Å². The first kappa shape index (κ1) is 29.0. The Balaban J connectivity index is 1.13. The molecule has 0 spiro atoms. The first-order valence-corrected chi connectivity index (χ1v) is 13.7. The lowest BCUT2D eigenvalue weighted by Crippen LogP contribution is -2.53. The van der Waals surface area contributed by atoms with Crippen LogP contribution in [-0.4, -0.2) is 92.5 Å². The van der Waals surface area contributed by atoms with Crippen LogP contribution in [0, 0.1) is 0 Å². The number of nitrogens with one attached hydrogen (secondary N) is 3. The lowest BCUT2D eigenvalue weighted by molar-refractivity contribution is -0.159. The van der Waals surface area contributed by atoms with Crippen molar-refractivity contribution < 1.29 is 34.4 Å². The van der Waals surface area contributed by atoms with Crippen molar-refractivity contribution in [2.45, 2.75) is 37.5 Å². The van der Waals surface area contributed by atoms with Crippen molar-refractivity contribution in [1.82, 2.24) is 20.2 Å². The molecule has 2 aromatic heterocycles. The summed E-state index contributed by atoms with van der Waals surface area (Å²) in [5.74, 6) is -2.05. The van der Waals surface area contributed by atoms with Crippen molar-refractivity contribution in [2.75, 3.05) is 26.3 Å². The number of benzene rings is 2. The number of aromatic nitrogens is 2. The van der Waals surface area contributed by atoms with Gasteiger partial charge in [0.2, 0.25) is 5.91 Å². The van der Waals surface area contributed by atoms with E-state index in [2.05, 4.69) is 15.3 Å². The Morgan fingerprint density at radius 1 is 1.00 bits per heavy atom. The second kappa shape index (κ2) is 12.6. The van der Waals surface area contributed by atoms with Gasteiger partial charge in [-0.25, -0.2) is 4.79 Å². The molecule has 1 aliphatic rings. The summed E-state index contributed by atoms with van der Waals surface area (Å²) in [6.45, 7) is 0.362. The van der Waals surface area contributed by atoms with Crippen LogP contribution in [0.4, 0.5) is 0 Å². The fraction of sp³-hybridized carbons (Fsp3) is 0.333. The smallest absolute Gasteiger partial charge is 0.328 e. The number of hydrogen-bond acceptors (Lipinski definition) is 7. The van der Waals surface area contributed by atoms with Crippen molar-refractivity contribution in [1.29, 1.82) is 0 Å². The summed E-state index contributed by atoms with van der Waals surface area (Å²) < 4.78 is 5.12. The molecular weight excluding hydrogens is 544 g/mol. The van der Waals surface area contributed by atoms with E-state index in [1.165, 1.54) is 4.90 Å². The van der Waals surface area contributed by atoms with Crippen LogP contribution in [-0.2, 0) is 14.3 Å². The van der Waals surface area contributed by atoms with E-state index in [4.69, 9.17) is 4.74 Å². The molecule has 0 bridgehead atoms. The van der Waals surface area contributed by atoms with Gasteiger partial charge in [-0.15, -0.1) is 0 Å². The topological polar surface area (TPSA) is 185 Å². The Morgan fingerprint density at radius 3 is 2.60 bits per heavy atom. The lowest BCUT2D eigenvalue weighted by Gasteiger charge is -2.33. The third-order valence-electron chi connectivity index (χ3n) is 7.38. The molecule has 1 unspecified atom stereocenters. The number of morpholine rings is 1. The fourth-order valence-electron chi connectivity index (χ4n) is 5.16. The number of ether oxygens (including phenoxy) is 1. The van der Waals surface area contributed by atoms with Crippen LogP contribution in [0.2, 0.25) is 0 Å². The Bertz CT molecular complexity index is 1680. The maximum absolute atomic E-state index is 12.8. The van der Waals surface area contributed by atoms with Crippen LogP contribution in [0.1, 0.15) is 29.6 Å². The third-order valence-corrected chi connectivity index (χ3v) is 7.38. The molecule has 0 aliphatic carbocycles. The van der Waals surface area contributed by atoms with Gasteiger partial charge in [-0.2, -0.15) is 0 Å². The SMILES string of the molecule is O=C(NCC[C@@H](O)C[C@@H](O)CC(=O)N1CCOCC1C(=O)O)c1ccc2[nH]c(-c3cc4ccccc4[nH]c3=O)cc2c1. The molecule has 3 atom stereocenters. The van der Waals surface area contributed by atoms with E-state index in [1.54, 1.807) is 18.2 Å². The Kier molecular flexibility index (Phi) is 8.67. The zero-order valence-electron chi connectivity index (χ0n) is 22.7. The van der Waals surface area contributed by atoms with E-state index in [0.29, 0.717) is 16.8 Å². The summed E-state index contributed by atoms with van der Waals surface area (Å²) in [6, 6.07) is 15.2. The molecule has 12 nitrogen and oxygen atoms in total. The summed E-state index contributed by atoms with van der Waals surface area (Å²) in [5, 5.41) is 34.3. The molecule has 4 aromatic rings. The van der Waals surface area contributed by atoms with Crippen molar-refractivity contribution in [3.8, 4) is 11.3 Å². The van der Waals surface area contributed by atoms with Crippen LogP contribution in [0.25, 0.3) is 33.1 Å². The maximum atomic E-state index is 12.8. The Labute approximate surface area is 239 Å². The van der Waals surface area contributed by atoms with Gasteiger partial charge in [0.05, 0.1) is 43.1 Å². The number of nitrogens with zero attached hydrogens (tertiary/aromatic N) is 1. The minimum absolute atomic E-state index is 0.102. The fourth-order valence-corrected chi connectivity index (χ4v) is 5.16. The largest absolute Gasteiger partial charge is 0.480 e. The number of rotatable bonds is 10. The second-order valence-corrected chi connectivity index (χ2v) is 10.4. The second-order valence-electron chi connectivity index (χ2n) is 10.4. The molecule has 5 rings (SSSR count). The van der Waals surface area contributed by atoms with Crippen LogP contribution in [0.15, 0.2) is 59.4 Å². The standard InChI is InChI=1S/C30H32N4O8/c35-20(14-21(36)15-27(37)34-9-10-42-16-26(34)30(40)41)7-8-31-28(38)18-5-6-24-19(11-18)13-25(32-24)22-12-17-3-1-2-4-23(17)33-29(22)39/h1-6,11-13,20-21,26,32,35-36H,7-10,14-16H2,(H,31,38)(H,33,39)(H,40,41)/t20-,21-,26?/m1/s1. The molecule has 42 heavy (non-hydrogen) atoms. The van der Waals surface area contributed by atoms with Crippen molar-refractivity contribution in [3.63, 3.8) is 0 Å². The molecule has 1 aliphatic heterocycles. The molecule has 1 fully saturated rings. The van der Waals surface area contributed by atoms with E-state index in [9.17, 15) is 34.5 Å². The first-order valence-electron chi connectivity index (χ1n) is 13.7. The number of aliphatic carboxylic acids is 1. The molecule has 220 valence electrons. The average Bonchev–Trinajstić information content (AvgIpc) is 3.39. The number of aromatic amines is 2. The third kappa shape index (κ3) is 6.51. The molecule has 2 amide bonds. The van der Waals surface area contributed by atoms with Crippen molar-refractivity contribution in [3.05, 3.63) is 70.5 Å². The summed E-state index contributed by atoms with van der Waals surface area (Å²) >= 11 is 0. The van der Waals surface area contributed by atoms with E-state index in [1.807, 2.05) is 36.4 Å². The highest BCUT2D eigenvalue weighted by Gasteiger charge is 2.33. The summed E-state index contributed by atoms with van der Waals surface area (Å²) in [6.07, 6.45) is -2.43. The number of aliphatic hydroxyl groups excluding tert-OH is 2. The lowest BCUT2D eigenvalue weighted by atomic mass is 10.0. The van der Waals surface area contributed by atoms with Gasteiger partial charge in [-0.05, 0) is 54.6 Å². The number of carboxylic acid groups (broad SMARTS) is 1. The molecule has 3 heterocycles. The van der Waals surface area contributed by atoms with Crippen LogP contribution in [0.5, 0.6) is 0 Å². The zero-order valence-corrected chi connectivity index (χ0v) is 22.7. The molecule has 12 heteroatoms. The minimum Gasteiger partial charge on any atom is -0.480 e. The van der Waals surface area contributed by atoms with Gasteiger partial charge in [0, 0.05) is 35.1 Å². The van der Waals surface area contributed by atoms with E-state index in [0.717, 1.165) is 21.8 Å². The van der Waals surface area contributed by atoms with Crippen molar-refractivity contribution in [2.24, 2.45) is 0 Å². The van der Waals surface area contributed by atoms with Gasteiger partial charge in [0.25, 0.3) is 11.5 Å². The van der Waals surface area contributed by atoms with Crippen molar-refractivity contribution >= 4 is 39.6 Å². The van der Waals surface area contributed by atoms with E-state index in [-0.39, 0.29) is 57.0 Å². The number of carboxylic acids is 1. The predicted octanol–water partition coefficient (Wildman–Crippen LogP) is 1.61. The minimum atomic E-state index is -1.18. The number of aliphatic hydroxyl groups is 2. The highest BCUT2D eigenvalue weighted by atomic mass is 16.5. The molecule has 0 saturated carbocycles. The molecule has 0 radical (unpaired) electrons. The highest BCUT2D eigenvalue weighted by Crippen LogP contribution is 2.25. The number of fused-ring (bicyclic) bond motifs is 2. The molecule has 2 aromatic carbocycles. The molecule has 6 N–H and O–H groups in total. The average molecular weight is 577 g/mol. The predicted molar refractivity (Wildman–Crippen MR) is 154 cm³/mol.